The van der Waals surface area contributed by atoms with E-state index in [1.165, 1.54) is 0 Å². The van der Waals surface area contributed by atoms with Crippen LogP contribution in [0.1, 0.15) is 75.0 Å². The number of nitrogens with zero attached hydrogens (tertiary/aromatic N) is 1. The van der Waals surface area contributed by atoms with Crippen LogP contribution in [0.25, 0.3) is 0 Å². The van der Waals surface area contributed by atoms with Crippen molar-refractivity contribution in [3.63, 3.8) is 0 Å². The number of benzene rings is 2. The van der Waals surface area contributed by atoms with Gasteiger partial charge in [-0.3, -0.25) is 19.8 Å². The first-order valence-electron chi connectivity index (χ1n) is 17.5. The van der Waals surface area contributed by atoms with E-state index in [0.29, 0.717) is 43.0 Å². The van der Waals surface area contributed by atoms with Crippen molar-refractivity contribution in [1.29, 1.82) is 5.41 Å². The lowest BCUT2D eigenvalue weighted by Crippen LogP contribution is -2.56. The topological polar surface area (TPSA) is 187 Å². The fourth-order valence-corrected chi connectivity index (χ4v) is 8.68. The minimum absolute atomic E-state index is 0.0357. The highest BCUT2D eigenvalue weighted by atomic mass is 32.2. The van der Waals surface area contributed by atoms with Crippen molar-refractivity contribution in [2.45, 2.75) is 82.2 Å². The predicted octanol–water partition coefficient (Wildman–Crippen LogP) is 2.38. The van der Waals surface area contributed by atoms with E-state index in [9.17, 15) is 22.8 Å². The third-order valence-corrected chi connectivity index (χ3v) is 11.8. The minimum atomic E-state index is -3.89. The molecule has 266 valence electrons. The van der Waals surface area contributed by atoms with Gasteiger partial charge in [0.25, 0.3) is 0 Å². The van der Waals surface area contributed by atoms with E-state index in [0.717, 1.165) is 50.8 Å². The number of rotatable bonds is 15. The van der Waals surface area contributed by atoms with Gasteiger partial charge in [0.2, 0.25) is 27.7 Å². The smallest absolute Gasteiger partial charge is 0.246 e. The summed E-state index contributed by atoms with van der Waals surface area (Å²) in [4.78, 5) is 41.7. The fourth-order valence-electron chi connectivity index (χ4n) is 7.31. The van der Waals surface area contributed by atoms with Crippen molar-refractivity contribution in [1.82, 2.24) is 25.6 Å². The Balaban J connectivity index is 1.31. The number of likely N-dealkylation sites (tertiary alicyclic amines) is 1. The minimum Gasteiger partial charge on any atom is -0.384 e. The van der Waals surface area contributed by atoms with Gasteiger partial charge in [-0.1, -0.05) is 54.6 Å². The van der Waals surface area contributed by atoms with Crippen molar-refractivity contribution in [2.75, 3.05) is 26.2 Å². The normalized spacial score (nSPS) is 22.2. The molecule has 2 aromatic rings. The molecule has 0 aromatic heterocycles. The number of nitrogens with two attached hydrogens (primary N) is 1. The highest BCUT2D eigenvalue weighted by Gasteiger charge is 2.61. The highest BCUT2D eigenvalue weighted by molar-refractivity contribution is 7.88. The summed E-state index contributed by atoms with van der Waals surface area (Å²) >= 11 is 0. The second kappa shape index (κ2) is 16.3. The molecule has 2 aromatic carbocycles. The summed E-state index contributed by atoms with van der Waals surface area (Å²) in [6.45, 7) is 4.95. The van der Waals surface area contributed by atoms with Crippen LogP contribution in [0, 0.1) is 23.2 Å². The Hall–Kier alpha value is -3.81. The number of amides is 3. The van der Waals surface area contributed by atoms with E-state index in [4.69, 9.17) is 11.1 Å². The zero-order valence-electron chi connectivity index (χ0n) is 28.4. The van der Waals surface area contributed by atoms with Gasteiger partial charge in [0, 0.05) is 32.1 Å². The molecule has 0 radical (unpaired) electrons. The largest absolute Gasteiger partial charge is 0.384 e. The van der Waals surface area contributed by atoms with Crippen molar-refractivity contribution in [3.05, 3.63) is 71.3 Å². The summed E-state index contributed by atoms with van der Waals surface area (Å²) in [5.74, 6) is -0.388. The summed E-state index contributed by atoms with van der Waals surface area (Å²) in [5.41, 5.74) is 6.49. The van der Waals surface area contributed by atoms with Crippen LogP contribution in [0.2, 0.25) is 0 Å². The van der Waals surface area contributed by atoms with Crippen LogP contribution in [-0.2, 0) is 36.7 Å². The fraction of sp³-hybridized carbons (Fsp3) is 0.556. The maximum Gasteiger partial charge on any atom is 0.246 e. The van der Waals surface area contributed by atoms with E-state index in [-0.39, 0.29) is 48.2 Å². The monoisotopic (exact) mass is 693 g/mol. The number of sulfonamides is 1. The standard InChI is InChI=1S/C36H51N7O5S/c1-25(44)43-19-15-26(16-20-43)9-12-32(42-49(47,48)24-29-5-3-2-4-6-29)34(45)41-36(22-31(36)21-27-13-17-39-18-14-27)35(46)40-23-28-7-10-30(11-8-28)33(37)38/h2-8,10-11,26-27,31-32,39,42H,9,12-24H2,1H3,(H3,37,38)(H,40,46)(H,41,45)/t31?,32-,36?/m1/s1. The number of carbonyl (C=O) groups excluding carboxylic acids is 3. The number of carbonyl (C=O) groups is 3. The summed E-state index contributed by atoms with van der Waals surface area (Å²) in [7, 11) is -3.89. The van der Waals surface area contributed by atoms with Crippen LogP contribution in [-0.4, -0.2) is 74.6 Å². The quantitative estimate of drug-likeness (QED) is 0.122. The van der Waals surface area contributed by atoms with Gasteiger partial charge in [-0.15, -0.1) is 0 Å². The van der Waals surface area contributed by atoms with Gasteiger partial charge in [-0.2, -0.15) is 0 Å². The zero-order valence-corrected chi connectivity index (χ0v) is 29.2. The van der Waals surface area contributed by atoms with E-state index in [1.54, 1.807) is 55.5 Å². The molecular weight excluding hydrogens is 643 g/mol. The number of hydrogen-bond donors (Lipinski definition) is 6. The SMILES string of the molecule is CC(=O)N1CCC(CC[C@@H](NS(=O)(=O)Cc2ccccc2)C(=O)NC2(C(=O)NCc3ccc(C(=N)N)cc3)CC2CC2CCNCC2)CC1. The van der Waals surface area contributed by atoms with Crippen LogP contribution >= 0.6 is 0 Å². The molecule has 2 heterocycles. The summed E-state index contributed by atoms with van der Waals surface area (Å²) < 4.78 is 29.5. The van der Waals surface area contributed by atoms with Crippen LogP contribution in [0.5, 0.6) is 0 Å². The van der Waals surface area contributed by atoms with Gasteiger partial charge in [-0.25, -0.2) is 13.1 Å². The molecule has 2 unspecified atom stereocenters. The van der Waals surface area contributed by atoms with Crippen molar-refractivity contribution in [2.24, 2.45) is 23.5 Å². The number of amidine groups is 1. The number of piperidine rings is 2. The Labute approximate surface area is 289 Å². The molecule has 3 aliphatic rings. The summed E-state index contributed by atoms with van der Waals surface area (Å²) in [6, 6.07) is 14.9. The second-order valence-corrected chi connectivity index (χ2v) is 15.8. The first-order valence-corrected chi connectivity index (χ1v) is 19.1. The Morgan fingerprint density at radius 2 is 1.65 bits per heavy atom. The molecule has 0 spiro atoms. The van der Waals surface area contributed by atoms with Crippen LogP contribution in [0.3, 0.4) is 0 Å². The zero-order chi connectivity index (χ0) is 35.0. The molecule has 12 nitrogen and oxygen atoms in total. The molecule has 2 saturated heterocycles. The summed E-state index contributed by atoms with van der Waals surface area (Å²) in [6.07, 6.45) is 5.80. The van der Waals surface area contributed by atoms with Crippen LogP contribution < -0.4 is 26.4 Å². The molecule has 1 aliphatic carbocycles. The molecule has 2 aliphatic heterocycles. The molecule has 13 heteroatoms. The van der Waals surface area contributed by atoms with E-state index < -0.39 is 27.5 Å². The van der Waals surface area contributed by atoms with Crippen molar-refractivity contribution in [3.8, 4) is 0 Å². The van der Waals surface area contributed by atoms with Gasteiger partial charge in [-0.05, 0) is 93.3 Å². The molecule has 5 rings (SSSR count). The third kappa shape index (κ3) is 10.1. The average Bonchev–Trinajstić information content (AvgIpc) is 3.78. The summed E-state index contributed by atoms with van der Waals surface area (Å²) in [5, 5.41) is 17.1. The molecule has 49 heavy (non-hydrogen) atoms. The van der Waals surface area contributed by atoms with E-state index in [1.807, 2.05) is 11.0 Å². The average molecular weight is 694 g/mol. The van der Waals surface area contributed by atoms with Gasteiger partial charge < -0.3 is 26.6 Å². The second-order valence-electron chi connectivity index (χ2n) is 14.0. The predicted molar refractivity (Wildman–Crippen MR) is 189 cm³/mol. The lowest BCUT2D eigenvalue weighted by atomic mass is 9.90. The van der Waals surface area contributed by atoms with Gasteiger partial charge in [0.15, 0.2) is 0 Å². The van der Waals surface area contributed by atoms with Crippen LogP contribution in [0.4, 0.5) is 0 Å². The Kier molecular flexibility index (Phi) is 12.1. The van der Waals surface area contributed by atoms with Crippen LogP contribution in [0.15, 0.2) is 54.6 Å². The molecule has 3 atom stereocenters. The maximum absolute atomic E-state index is 14.1. The lowest BCUT2D eigenvalue weighted by molar-refractivity contribution is -0.131. The van der Waals surface area contributed by atoms with E-state index >= 15 is 0 Å². The van der Waals surface area contributed by atoms with Gasteiger partial charge in [0.1, 0.15) is 17.4 Å². The van der Waals surface area contributed by atoms with Gasteiger partial charge >= 0.3 is 0 Å². The van der Waals surface area contributed by atoms with Gasteiger partial charge in [0.05, 0.1) is 5.75 Å². The lowest BCUT2D eigenvalue weighted by Gasteiger charge is -2.32. The third-order valence-electron chi connectivity index (χ3n) is 10.4. The molecule has 3 fully saturated rings. The first-order chi connectivity index (χ1) is 23.4. The Morgan fingerprint density at radius 3 is 2.29 bits per heavy atom. The molecular formula is C36H51N7O5S. The Bertz CT molecular complexity index is 1570. The highest BCUT2D eigenvalue weighted by Crippen LogP contribution is 2.49. The number of nitrogens with one attached hydrogen (secondary N) is 5. The van der Waals surface area contributed by atoms with Crippen molar-refractivity contribution < 1.29 is 22.8 Å². The number of nitrogen functional groups attached to an aromatic ring is 1. The molecule has 1 saturated carbocycles. The Morgan fingerprint density at radius 1 is 0.980 bits per heavy atom. The maximum atomic E-state index is 14.1. The van der Waals surface area contributed by atoms with Crippen molar-refractivity contribution >= 4 is 33.6 Å². The van der Waals surface area contributed by atoms with E-state index in [2.05, 4.69) is 20.7 Å². The molecule has 0 bridgehead atoms. The number of hydrogen-bond acceptors (Lipinski definition) is 7. The molecule has 3 amide bonds. The molecule has 7 N–H and O–H groups in total. The first kappa shape index (κ1) is 36.5.